The van der Waals surface area contributed by atoms with Crippen LogP contribution < -0.4 is 4.74 Å². The molecule has 0 saturated heterocycles. The van der Waals surface area contributed by atoms with Crippen molar-refractivity contribution in [3.05, 3.63) is 69.5 Å². The van der Waals surface area contributed by atoms with E-state index in [0.717, 1.165) is 23.0 Å². The molecular formula is C21H21Cl2N3O2S. The van der Waals surface area contributed by atoms with E-state index in [1.54, 1.807) is 18.2 Å². The first-order valence-corrected chi connectivity index (χ1v) is 10.9. The molecule has 0 unspecified atom stereocenters. The van der Waals surface area contributed by atoms with Crippen LogP contribution in [0, 0.1) is 6.92 Å². The average molecular weight is 450 g/mol. The average Bonchev–Trinajstić information content (AvgIpc) is 3.05. The van der Waals surface area contributed by atoms with Crippen molar-refractivity contribution in [2.75, 3.05) is 12.4 Å². The Morgan fingerprint density at radius 2 is 1.90 bits per heavy atom. The number of hydrogen-bond donors (Lipinski definition) is 0. The van der Waals surface area contributed by atoms with Crippen molar-refractivity contribution in [1.82, 2.24) is 14.8 Å². The fourth-order valence-electron chi connectivity index (χ4n) is 2.65. The van der Waals surface area contributed by atoms with Gasteiger partial charge < -0.3 is 9.30 Å². The molecule has 0 spiro atoms. The Hall–Kier alpha value is -2.02. The van der Waals surface area contributed by atoms with Gasteiger partial charge in [-0.1, -0.05) is 64.8 Å². The van der Waals surface area contributed by atoms with Crippen molar-refractivity contribution in [3.8, 4) is 5.75 Å². The first kappa shape index (κ1) is 21.7. The predicted molar refractivity (Wildman–Crippen MR) is 118 cm³/mol. The number of hydrogen-bond acceptors (Lipinski definition) is 5. The fraction of sp³-hybridized carbons (Fsp3) is 0.286. The standard InChI is InChI=1S/C21H21Cl2N3O2S/c1-14-5-7-15(8-6-14)18(27)13-29-21-25-24-20(26(21)2)4-3-11-28-19-10-9-16(22)12-17(19)23/h5-10,12H,3-4,11,13H2,1-2H3. The van der Waals surface area contributed by atoms with E-state index < -0.39 is 0 Å². The van der Waals surface area contributed by atoms with Crippen LogP contribution in [0.25, 0.3) is 0 Å². The number of Topliss-reactive ketones (excluding diaryl/α,β-unsaturated/α-hetero) is 1. The molecular weight excluding hydrogens is 429 g/mol. The Bertz CT molecular complexity index is 990. The number of rotatable bonds is 9. The van der Waals surface area contributed by atoms with Gasteiger partial charge in [-0.3, -0.25) is 4.79 Å². The summed E-state index contributed by atoms with van der Waals surface area (Å²) in [7, 11) is 1.91. The molecule has 3 rings (SSSR count). The molecule has 5 nitrogen and oxygen atoms in total. The lowest BCUT2D eigenvalue weighted by atomic mass is 10.1. The molecule has 8 heteroatoms. The molecule has 3 aromatic rings. The summed E-state index contributed by atoms with van der Waals surface area (Å²) in [6.07, 6.45) is 1.47. The normalized spacial score (nSPS) is 10.9. The highest BCUT2D eigenvalue weighted by molar-refractivity contribution is 7.99. The largest absolute Gasteiger partial charge is 0.492 e. The topological polar surface area (TPSA) is 57.0 Å². The Morgan fingerprint density at radius 1 is 1.14 bits per heavy atom. The summed E-state index contributed by atoms with van der Waals surface area (Å²) in [5.41, 5.74) is 1.85. The Labute approximate surface area is 184 Å². The number of halogens is 2. The van der Waals surface area contributed by atoms with Crippen LogP contribution in [-0.4, -0.2) is 32.9 Å². The Morgan fingerprint density at radius 3 is 2.62 bits per heavy atom. The van der Waals surface area contributed by atoms with Gasteiger partial charge in [0, 0.05) is 24.1 Å². The lowest BCUT2D eigenvalue weighted by Gasteiger charge is -2.08. The smallest absolute Gasteiger partial charge is 0.191 e. The highest BCUT2D eigenvalue weighted by Gasteiger charge is 2.13. The molecule has 0 fully saturated rings. The van der Waals surface area contributed by atoms with Crippen LogP contribution in [0.5, 0.6) is 5.75 Å². The maximum atomic E-state index is 12.3. The van der Waals surface area contributed by atoms with E-state index in [0.29, 0.717) is 40.1 Å². The second-order valence-electron chi connectivity index (χ2n) is 6.56. The predicted octanol–water partition coefficient (Wildman–Crippen LogP) is 5.42. The lowest BCUT2D eigenvalue weighted by molar-refractivity contribution is 0.102. The molecule has 1 heterocycles. The van der Waals surface area contributed by atoms with E-state index in [-0.39, 0.29) is 5.78 Å². The minimum atomic E-state index is 0.0767. The molecule has 0 aliphatic carbocycles. The molecule has 0 amide bonds. The zero-order chi connectivity index (χ0) is 20.8. The van der Waals surface area contributed by atoms with Crippen molar-refractivity contribution in [2.24, 2.45) is 7.05 Å². The van der Waals surface area contributed by atoms with Gasteiger partial charge >= 0.3 is 0 Å². The Balaban J connectivity index is 1.47. The van der Waals surface area contributed by atoms with Crippen LogP contribution in [0.3, 0.4) is 0 Å². The summed E-state index contributed by atoms with van der Waals surface area (Å²) >= 11 is 13.4. The summed E-state index contributed by atoms with van der Waals surface area (Å²) in [4.78, 5) is 12.3. The number of carbonyl (C=O) groups is 1. The van der Waals surface area contributed by atoms with E-state index in [9.17, 15) is 4.79 Å². The van der Waals surface area contributed by atoms with Crippen LogP contribution in [0.4, 0.5) is 0 Å². The molecule has 1 aromatic heterocycles. The van der Waals surface area contributed by atoms with Crippen LogP contribution in [-0.2, 0) is 13.5 Å². The van der Waals surface area contributed by atoms with Crippen molar-refractivity contribution in [3.63, 3.8) is 0 Å². The zero-order valence-electron chi connectivity index (χ0n) is 16.2. The number of thioether (sulfide) groups is 1. The third kappa shape index (κ3) is 5.98. The van der Waals surface area contributed by atoms with Crippen LogP contribution in [0.2, 0.25) is 10.0 Å². The van der Waals surface area contributed by atoms with Crippen molar-refractivity contribution in [2.45, 2.75) is 24.9 Å². The van der Waals surface area contributed by atoms with Gasteiger partial charge in [-0.15, -0.1) is 10.2 Å². The highest BCUT2D eigenvalue weighted by Crippen LogP contribution is 2.27. The van der Waals surface area contributed by atoms with Gasteiger partial charge in [-0.25, -0.2) is 0 Å². The van der Waals surface area contributed by atoms with Gasteiger partial charge in [0.25, 0.3) is 0 Å². The summed E-state index contributed by atoms with van der Waals surface area (Å²) < 4.78 is 7.62. The first-order valence-electron chi connectivity index (χ1n) is 9.13. The molecule has 2 aromatic carbocycles. The molecule has 0 aliphatic rings. The minimum absolute atomic E-state index is 0.0767. The molecule has 0 N–H and O–H groups in total. The number of nitrogens with zero attached hydrogens (tertiary/aromatic N) is 3. The van der Waals surface area contributed by atoms with Gasteiger partial charge in [0.15, 0.2) is 10.9 Å². The first-order chi connectivity index (χ1) is 13.9. The zero-order valence-corrected chi connectivity index (χ0v) is 18.5. The van der Waals surface area contributed by atoms with Gasteiger partial charge in [0.05, 0.1) is 17.4 Å². The second-order valence-corrected chi connectivity index (χ2v) is 8.35. The van der Waals surface area contributed by atoms with Crippen LogP contribution >= 0.6 is 35.0 Å². The molecule has 0 bridgehead atoms. The summed E-state index contributed by atoms with van der Waals surface area (Å²) in [6, 6.07) is 12.7. The SMILES string of the molecule is Cc1ccc(C(=O)CSc2nnc(CCCOc3ccc(Cl)cc3Cl)n2C)cc1. The molecule has 0 saturated carbocycles. The lowest BCUT2D eigenvalue weighted by Crippen LogP contribution is -2.06. The molecule has 0 atom stereocenters. The summed E-state index contributed by atoms with van der Waals surface area (Å²) in [5, 5.41) is 10.2. The highest BCUT2D eigenvalue weighted by atomic mass is 35.5. The van der Waals surface area contributed by atoms with E-state index >= 15 is 0 Å². The van der Waals surface area contributed by atoms with Gasteiger partial charge in [0.1, 0.15) is 11.6 Å². The molecule has 152 valence electrons. The van der Waals surface area contributed by atoms with Gasteiger partial charge in [0.2, 0.25) is 0 Å². The van der Waals surface area contributed by atoms with Gasteiger partial charge in [-0.2, -0.15) is 0 Å². The van der Waals surface area contributed by atoms with E-state index in [4.69, 9.17) is 27.9 Å². The second kappa shape index (κ2) is 10.1. The third-order valence-corrected chi connectivity index (χ3v) is 5.88. The minimum Gasteiger partial charge on any atom is -0.492 e. The fourth-order valence-corrected chi connectivity index (χ4v) is 3.93. The monoisotopic (exact) mass is 449 g/mol. The van der Waals surface area contributed by atoms with E-state index in [2.05, 4.69) is 10.2 Å². The van der Waals surface area contributed by atoms with E-state index in [1.807, 2.05) is 42.8 Å². The third-order valence-electron chi connectivity index (χ3n) is 4.33. The molecule has 0 radical (unpaired) electrons. The molecule has 29 heavy (non-hydrogen) atoms. The Kier molecular flexibility index (Phi) is 7.58. The summed E-state index contributed by atoms with van der Waals surface area (Å²) in [5.74, 6) is 1.86. The maximum Gasteiger partial charge on any atom is 0.191 e. The quantitative estimate of drug-likeness (QED) is 0.248. The number of aromatic nitrogens is 3. The van der Waals surface area contributed by atoms with Crippen LogP contribution in [0.1, 0.15) is 28.2 Å². The maximum absolute atomic E-state index is 12.3. The number of carbonyl (C=O) groups excluding carboxylic acids is 1. The number of benzene rings is 2. The molecule has 0 aliphatic heterocycles. The number of ketones is 1. The number of ether oxygens (including phenoxy) is 1. The van der Waals surface area contributed by atoms with Crippen LogP contribution in [0.15, 0.2) is 47.6 Å². The van der Waals surface area contributed by atoms with Crippen molar-refractivity contribution < 1.29 is 9.53 Å². The van der Waals surface area contributed by atoms with E-state index in [1.165, 1.54) is 11.8 Å². The number of aryl methyl sites for hydroxylation is 2. The summed E-state index contributed by atoms with van der Waals surface area (Å²) in [6.45, 7) is 2.50. The van der Waals surface area contributed by atoms with Crippen molar-refractivity contribution in [1.29, 1.82) is 0 Å². The van der Waals surface area contributed by atoms with Crippen molar-refractivity contribution >= 4 is 40.7 Å². The van der Waals surface area contributed by atoms with Gasteiger partial charge in [-0.05, 0) is 31.5 Å².